The molecule has 0 spiro atoms. The molecule has 3 aromatic rings. The van der Waals surface area contributed by atoms with Gasteiger partial charge in [0, 0.05) is 29.4 Å². The fourth-order valence-corrected chi connectivity index (χ4v) is 2.08. The molecule has 0 aromatic carbocycles. The van der Waals surface area contributed by atoms with Crippen molar-refractivity contribution in [2.75, 3.05) is 0 Å². The largest absolute Gasteiger partial charge is 0.277 e. The third kappa shape index (κ3) is 1.04. The maximum atomic E-state index is 4.33. The molecule has 14 heavy (non-hydrogen) atoms. The second-order valence-electron chi connectivity index (χ2n) is 2.92. The molecule has 0 saturated carbocycles. The Morgan fingerprint density at radius 1 is 1.14 bits per heavy atom. The molecule has 0 aliphatic rings. The van der Waals surface area contributed by atoms with Crippen LogP contribution >= 0.6 is 11.3 Å². The van der Waals surface area contributed by atoms with E-state index in [1.165, 1.54) is 0 Å². The molecule has 4 heteroatoms. The highest BCUT2D eigenvalue weighted by atomic mass is 32.1. The Morgan fingerprint density at radius 3 is 3.00 bits per heavy atom. The van der Waals surface area contributed by atoms with Gasteiger partial charge in [-0.05, 0) is 18.2 Å². The predicted molar refractivity (Wildman–Crippen MR) is 56.7 cm³/mol. The maximum absolute atomic E-state index is 4.33. The molecule has 0 aliphatic carbocycles. The van der Waals surface area contributed by atoms with E-state index in [2.05, 4.69) is 9.97 Å². The zero-order valence-electron chi connectivity index (χ0n) is 7.29. The summed E-state index contributed by atoms with van der Waals surface area (Å²) < 4.78 is 2.00. The van der Waals surface area contributed by atoms with Gasteiger partial charge in [0.25, 0.3) is 0 Å². The molecule has 0 fully saturated rings. The summed E-state index contributed by atoms with van der Waals surface area (Å²) in [6.07, 6.45) is 5.59. The van der Waals surface area contributed by atoms with Crippen molar-refractivity contribution in [2.24, 2.45) is 0 Å². The third-order valence-electron chi connectivity index (χ3n) is 2.07. The first-order chi connectivity index (χ1) is 6.95. The standard InChI is InChI=1S/C10H7N3S/c1-2-8-3-6-13(9(8)11-4-1)10-12-5-7-14-10/h1-7H. The average Bonchev–Trinajstić information content (AvgIpc) is 2.85. The Bertz CT molecular complexity index is 554. The second-order valence-corrected chi connectivity index (χ2v) is 3.79. The van der Waals surface area contributed by atoms with Crippen LogP contribution in [0.15, 0.2) is 42.2 Å². The van der Waals surface area contributed by atoms with Gasteiger partial charge in [0.05, 0.1) is 0 Å². The molecule has 68 valence electrons. The lowest BCUT2D eigenvalue weighted by Gasteiger charge is -1.97. The maximum Gasteiger partial charge on any atom is 0.195 e. The first kappa shape index (κ1) is 7.70. The zero-order chi connectivity index (χ0) is 9.38. The molecule has 3 nitrogen and oxygen atoms in total. The van der Waals surface area contributed by atoms with E-state index in [1.807, 2.05) is 34.3 Å². The van der Waals surface area contributed by atoms with Gasteiger partial charge in [0.15, 0.2) is 5.13 Å². The molecule has 0 N–H and O–H groups in total. The number of nitrogens with zero attached hydrogens (tertiary/aromatic N) is 3. The highest BCUT2D eigenvalue weighted by Gasteiger charge is 2.04. The number of hydrogen-bond acceptors (Lipinski definition) is 3. The Balaban J connectivity index is 2.33. The van der Waals surface area contributed by atoms with Crippen LogP contribution in [-0.4, -0.2) is 14.5 Å². The number of aromatic nitrogens is 3. The van der Waals surface area contributed by atoms with Crippen molar-refractivity contribution < 1.29 is 0 Å². The van der Waals surface area contributed by atoms with Crippen LogP contribution < -0.4 is 0 Å². The summed E-state index contributed by atoms with van der Waals surface area (Å²) in [7, 11) is 0. The van der Waals surface area contributed by atoms with Crippen molar-refractivity contribution in [3.63, 3.8) is 0 Å². The fourth-order valence-electron chi connectivity index (χ4n) is 1.46. The number of rotatable bonds is 1. The normalized spacial score (nSPS) is 10.9. The van der Waals surface area contributed by atoms with Gasteiger partial charge in [-0.25, -0.2) is 9.97 Å². The van der Waals surface area contributed by atoms with Crippen LogP contribution in [0.5, 0.6) is 0 Å². The highest BCUT2D eigenvalue weighted by molar-refractivity contribution is 7.12. The van der Waals surface area contributed by atoms with Crippen LogP contribution in [0, 0.1) is 0 Å². The lowest BCUT2D eigenvalue weighted by molar-refractivity contribution is 1.06. The van der Waals surface area contributed by atoms with Crippen molar-refractivity contribution in [1.29, 1.82) is 0 Å². The van der Waals surface area contributed by atoms with Crippen molar-refractivity contribution in [1.82, 2.24) is 14.5 Å². The smallest absolute Gasteiger partial charge is 0.195 e. The number of thiazole rings is 1. The van der Waals surface area contributed by atoms with Gasteiger partial charge in [-0.2, -0.15) is 0 Å². The first-order valence-electron chi connectivity index (χ1n) is 4.27. The predicted octanol–water partition coefficient (Wildman–Crippen LogP) is 2.48. The van der Waals surface area contributed by atoms with Crippen LogP contribution in [0.3, 0.4) is 0 Å². The van der Waals surface area contributed by atoms with E-state index >= 15 is 0 Å². The van der Waals surface area contributed by atoms with Crippen molar-refractivity contribution in [3.8, 4) is 5.13 Å². The Kier molecular flexibility index (Phi) is 1.61. The average molecular weight is 201 g/mol. The highest BCUT2D eigenvalue weighted by Crippen LogP contribution is 2.19. The van der Waals surface area contributed by atoms with Crippen molar-refractivity contribution in [2.45, 2.75) is 0 Å². The molecule has 3 aromatic heterocycles. The van der Waals surface area contributed by atoms with Crippen molar-refractivity contribution in [3.05, 3.63) is 42.2 Å². The van der Waals surface area contributed by atoms with Gasteiger partial charge in [-0.15, -0.1) is 11.3 Å². The van der Waals surface area contributed by atoms with Gasteiger partial charge in [-0.1, -0.05) is 0 Å². The molecule has 0 amide bonds. The van der Waals surface area contributed by atoms with E-state index in [4.69, 9.17) is 0 Å². The van der Waals surface area contributed by atoms with E-state index < -0.39 is 0 Å². The van der Waals surface area contributed by atoms with Gasteiger partial charge in [0.1, 0.15) is 5.65 Å². The van der Waals surface area contributed by atoms with Crippen LogP contribution in [0.25, 0.3) is 16.2 Å². The van der Waals surface area contributed by atoms with Crippen molar-refractivity contribution >= 4 is 22.4 Å². The molecule has 0 aliphatic heterocycles. The molecule has 0 unspecified atom stereocenters. The molecular weight excluding hydrogens is 194 g/mol. The summed E-state index contributed by atoms with van der Waals surface area (Å²) >= 11 is 1.61. The third-order valence-corrected chi connectivity index (χ3v) is 2.84. The number of hydrogen-bond donors (Lipinski definition) is 0. The van der Waals surface area contributed by atoms with E-state index in [9.17, 15) is 0 Å². The Hall–Kier alpha value is -1.68. The molecule has 3 heterocycles. The minimum absolute atomic E-state index is 0.957. The van der Waals surface area contributed by atoms with Crippen LogP contribution in [0.1, 0.15) is 0 Å². The van der Waals surface area contributed by atoms with E-state index in [0.29, 0.717) is 0 Å². The summed E-state index contributed by atoms with van der Waals surface area (Å²) in [4.78, 5) is 8.58. The van der Waals surface area contributed by atoms with Crippen LogP contribution in [0.4, 0.5) is 0 Å². The monoisotopic (exact) mass is 201 g/mol. The Morgan fingerprint density at radius 2 is 2.14 bits per heavy atom. The van der Waals surface area contributed by atoms with E-state index in [1.54, 1.807) is 23.7 Å². The molecule has 0 atom stereocenters. The molecule has 0 saturated heterocycles. The second kappa shape index (κ2) is 2.92. The number of pyridine rings is 1. The summed E-state index contributed by atoms with van der Waals surface area (Å²) in [6, 6.07) is 6.03. The summed E-state index contributed by atoms with van der Waals surface area (Å²) in [5, 5.41) is 4.06. The van der Waals surface area contributed by atoms with Crippen LogP contribution in [-0.2, 0) is 0 Å². The summed E-state index contributed by atoms with van der Waals surface area (Å²) in [5.74, 6) is 0. The fraction of sp³-hybridized carbons (Fsp3) is 0. The molecule has 3 rings (SSSR count). The topological polar surface area (TPSA) is 30.7 Å². The minimum atomic E-state index is 0.957. The molecule has 0 radical (unpaired) electrons. The lowest BCUT2D eigenvalue weighted by Crippen LogP contribution is -1.91. The first-order valence-corrected chi connectivity index (χ1v) is 5.15. The van der Waals surface area contributed by atoms with Gasteiger partial charge >= 0.3 is 0 Å². The SMILES string of the molecule is c1cnc2c(c1)ccn2-c1nccs1. The Labute approximate surface area is 84.7 Å². The summed E-state index contributed by atoms with van der Waals surface area (Å²) in [6.45, 7) is 0. The molecular formula is C10H7N3S. The summed E-state index contributed by atoms with van der Waals surface area (Å²) in [5.41, 5.74) is 0.961. The van der Waals surface area contributed by atoms with E-state index in [0.717, 1.165) is 16.2 Å². The van der Waals surface area contributed by atoms with Crippen LogP contribution in [0.2, 0.25) is 0 Å². The quantitative estimate of drug-likeness (QED) is 0.605. The van der Waals surface area contributed by atoms with E-state index in [-0.39, 0.29) is 0 Å². The van der Waals surface area contributed by atoms with Gasteiger partial charge < -0.3 is 0 Å². The molecule has 0 bridgehead atoms. The minimum Gasteiger partial charge on any atom is -0.277 e. The zero-order valence-corrected chi connectivity index (χ0v) is 8.11. The van der Waals surface area contributed by atoms with Gasteiger partial charge in [-0.3, -0.25) is 4.57 Å². The van der Waals surface area contributed by atoms with Gasteiger partial charge in [0.2, 0.25) is 0 Å². The number of fused-ring (bicyclic) bond motifs is 1. The lowest BCUT2D eigenvalue weighted by atomic mass is 10.3.